The minimum absolute atomic E-state index is 0.0906. The molecule has 0 atom stereocenters. The number of amides is 1. The first-order chi connectivity index (χ1) is 15.9. The molecule has 9 nitrogen and oxygen atoms in total. The van der Waals surface area contributed by atoms with Crippen molar-refractivity contribution in [2.75, 3.05) is 10.6 Å². The van der Waals surface area contributed by atoms with Gasteiger partial charge in [0.25, 0.3) is 17.3 Å². The lowest BCUT2D eigenvalue weighted by atomic mass is 10.1. The molecule has 2 N–H and O–H groups in total. The van der Waals surface area contributed by atoms with Gasteiger partial charge in [0.05, 0.1) is 21.5 Å². The number of nitro benzene ring substituents is 2. The smallest absolute Gasteiger partial charge is 0.300 e. The SMILES string of the molecule is O=C(Nc1cccc2ccccc12)c1cc([N+](=O)[O-])cc([N+](=O)[O-])c1NCc1ccccc1. The number of non-ortho nitro benzene ring substituents is 1. The molecular weight excluding hydrogens is 424 g/mol. The molecule has 0 aromatic heterocycles. The van der Waals surface area contributed by atoms with E-state index < -0.39 is 27.1 Å². The van der Waals surface area contributed by atoms with E-state index in [1.165, 1.54) is 0 Å². The fraction of sp³-hybridized carbons (Fsp3) is 0.0417. The summed E-state index contributed by atoms with van der Waals surface area (Å²) >= 11 is 0. The van der Waals surface area contributed by atoms with E-state index in [1.807, 2.05) is 60.7 Å². The van der Waals surface area contributed by atoms with Crippen molar-refractivity contribution in [1.82, 2.24) is 0 Å². The van der Waals surface area contributed by atoms with Gasteiger partial charge in [-0.25, -0.2) is 0 Å². The Kier molecular flexibility index (Phi) is 5.94. The summed E-state index contributed by atoms with van der Waals surface area (Å²) in [5.41, 5.74) is -0.0722. The number of nitrogens with one attached hydrogen (secondary N) is 2. The van der Waals surface area contributed by atoms with Gasteiger partial charge in [-0.1, -0.05) is 66.7 Å². The number of hydrogen-bond acceptors (Lipinski definition) is 6. The Morgan fingerprint density at radius 2 is 1.52 bits per heavy atom. The van der Waals surface area contributed by atoms with Crippen LogP contribution in [0.5, 0.6) is 0 Å². The van der Waals surface area contributed by atoms with E-state index in [2.05, 4.69) is 10.6 Å². The van der Waals surface area contributed by atoms with Crippen LogP contribution in [-0.4, -0.2) is 15.8 Å². The molecule has 0 aliphatic rings. The Morgan fingerprint density at radius 3 is 2.24 bits per heavy atom. The third-order valence-electron chi connectivity index (χ3n) is 5.10. The molecule has 33 heavy (non-hydrogen) atoms. The standard InChI is InChI=1S/C24H18N4O5/c29-24(26-21-12-6-10-17-9-4-5-11-19(17)21)20-13-18(27(30)31)14-22(28(32)33)23(20)25-15-16-7-2-1-3-8-16/h1-14,25H,15H2,(H,26,29). The van der Waals surface area contributed by atoms with Crippen molar-refractivity contribution in [3.05, 3.63) is 116 Å². The van der Waals surface area contributed by atoms with Gasteiger partial charge in [-0.15, -0.1) is 0 Å². The zero-order valence-electron chi connectivity index (χ0n) is 17.2. The van der Waals surface area contributed by atoms with Gasteiger partial charge >= 0.3 is 0 Å². The second-order valence-corrected chi connectivity index (χ2v) is 7.22. The largest absolute Gasteiger partial charge is 0.375 e. The fourth-order valence-corrected chi connectivity index (χ4v) is 3.54. The van der Waals surface area contributed by atoms with Crippen LogP contribution < -0.4 is 10.6 Å². The molecule has 0 saturated carbocycles. The second kappa shape index (κ2) is 9.15. The maximum Gasteiger partial charge on any atom is 0.300 e. The predicted molar refractivity (Wildman–Crippen MR) is 125 cm³/mol. The highest BCUT2D eigenvalue weighted by Crippen LogP contribution is 2.35. The van der Waals surface area contributed by atoms with Crippen LogP contribution in [0.15, 0.2) is 84.9 Å². The molecular formula is C24H18N4O5. The first-order valence-electron chi connectivity index (χ1n) is 9.98. The summed E-state index contributed by atoms with van der Waals surface area (Å²) in [6, 6.07) is 23.7. The van der Waals surface area contributed by atoms with Gasteiger partial charge in [-0.3, -0.25) is 25.0 Å². The Hall–Kier alpha value is -4.79. The molecule has 4 aromatic rings. The molecule has 0 fully saturated rings. The molecule has 0 bridgehead atoms. The molecule has 0 heterocycles. The van der Waals surface area contributed by atoms with Gasteiger partial charge in [0.2, 0.25) is 0 Å². The molecule has 9 heteroatoms. The highest BCUT2D eigenvalue weighted by Gasteiger charge is 2.27. The Labute approximate surface area is 188 Å². The fourth-order valence-electron chi connectivity index (χ4n) is 3.54. The number of anilines is 2. The van der Waals surface area contributed by atoms with E-state index in [0.717, 1.165) is 28.5 Å². The van der Waals surface area contributed by atoms with E-state index in [-0.39, 0.29) is 17.8 Å². The highest BCUT2D eigenvalue weighted by molar-refractivity contribution is 6.13. The predicted octanol–water partition coefficient (Wildman–Crippen LogP) is 5.52. The van der Waals surface area contributed by atoms with Crippen molar-refractivity contribution in [3.8, 4) is 0 Å². The third kappa shape index (κ3) is 4.62. The van der Waals surface area contributed by atoms with Crippen molar-refractivity contribution < 1.29 is 14.6 Å². The summed E-state index contributed by atoms with van der Waals surface area (Å²) in [4.78, 5) is 34.9. The number of benzene rings is 4. The summed E-state index contributed by atoms with van der Waals surface area (Å²) < 4.78 is 0. The number of rotatable bonds is 7. The van der Waals surface area contributed by atoms with Gasteiger partial charge in [0, 0.05) is 23.7 Å². The van der Waals surface area contributed by atoms with Crippen LogP contribution in [0.1, 0.15) is 15.9 Å². The number of carbonyl (C=O) groups is 1. The molecule has 0 saturated heterocycles. The molecule has 1 amide bonds. The Morgan fingerprint density at radius 1 is 0.818 bits per heavy atom. The van der Waals surface area contributed by atoms with Gasteiger partial charge in [-0.2, -0.15) is 0 Å². The van der Waals surface area contributed by atoms with Gasteiger partial charge in [0.15, 0.2) is 0 Å². The van der Waals surface area contributed by atoms with E-state index in [9.17, 15) is 25.0 Å². The molecule has 0 spiro atoms. The first-order valence-corrected chi connectivity index (χ1v) is 9.98. The summed E-state index contributed by atoms with van der Waals surface area (Å²) in [7, 11) is 0. The second-order valence-electron chi connectivity index (χ2n) is 7.22. The highest BCUT2D eigenvalue weighted by atomic mass is 16.6. The molecule has 0 aliphatic carbocycles. The maximum atomic E-state index is 13.2. The molecule has 4 rings (SSSR count). The summed E-state index contributed by atoms with van der Waals surface area (Å²) in [5.74, 6) is -0.700. The molecule has 164 valence electrons. The van der Waals surface area contributed by atoms with E-state index >= 15 is 0 Å². The molecule has 0 radical (unpaired) electrons. The number of carbonyl (C=O) groups excluding carboxylic acids is 1. The minimum Gasteiger partial charge on any atom is -0.375 e. The van der Waals surface area contributed by atoms with Gasteiger partial charge in [-0.05, 0) is 17.0 Å². The van der Waals surface area contributed by atoms with Gasteiger partial charge in [0.1, 0.15) is 5.69 Å². The third-order valence-corrected chi connectivity index (χ3v) is 5.10. The van der Waals surface area contributed by atoms with Crippen LogP contribution in [0, 0.1) is 20.2 Å². The van der Waals surface area contributed by atoms with Gasteiger partial charge < -0.3 is 10.6 Å². The van der Waals surface area contributed by atoms with E-state index in [0.29, 0.717) is 5.69 Å². The topological polar surface area (TPSA) is 127 Å². The quantitative estimate of drug-likeness (QED) is 0.286. The average molecular weight is 442 g/mol. The zero-order valence-corrected chi connectivity index (χ0v) is 17.2. The normalized spacial score (nSPS) is 10.5. The average Bonchev–Trinajstić information content (AvgIpc) is 2.83. The van der Waals surface area contributed by atoms with Crippen LogP contribution in [0.2, 0.25) is 0 Å². The van der Waals surface area contributed by atoms with Crippen LogP contribution in [0.3, 0.4) is 0 Å². The van der Waals surface area contributed by atoms with Crippen molar-refractivity contribution >= 4 is 39.4 Å². The maximum absolute atomic E-state index is 13.2. The van der Waals surface area contributed by atoms with Crippen molar-refractivity contribution in [2.24, 2.45) is 0 Å². The van der Waals surface area contributed by atoms with Crippen LogP contribution in [-0.2, 0) is 6.54 Å². The van der Waals surface area contributed by atoms with Crippen molar-refractivity contribution in [3.63, 3.8) is 0 Å². The monoisotopic (exact) mass is 442 g/mol. The first kappa shape index (κ1) is 21.4. The Bertz CT molecular complexity index is 1370. The van der Waals surface area contributed by atoms with Crippen LogP contribution >= 0.6 is 0 Å². The summed E-state index contributed by atoms with van der Waals surface area (Å²) in [6.45, 7) is 0.189. The van der Waals surface area contributed by atoms with Crippen molar-refractivity contribution in [1.29, 1.82) is 0 Å². The number of hydrogen-bond donors (Lipinski definition) is 2. The summed E-state index contributed by atoms with van der Waals surface area (Å²) in [5, 5.41) is 30.5. The van der Waals surface area contributed by atoms with E-state index in [4.69, 9.17) is 0 Å². The Balaban J connectivity index is 1.77. The summed E-state index contributed by atoms with van der Waals surface area (Å²) in [6.07, 6.45) is 0. The molecule has 0 aliphatic heterocycles. The number of nitrogens with zero attached hydrogens (tertiary/aromatic N) is 2. The lowest BCUT2D eigenvalue weighted by Gasteiger charge is -2.14. The number of nitro groups is 2. The zero-order chi connectivity index (χ0) is 23.4. The van der Waals surface area contributed by atoms with Crippen LogP contribution in [0.4, 0.5) is 22.7 Å². The van der Waals surface area contributed by atoms with E-state index in [1.54, 1.807) is 12.1 Å². The van der Waals surface area contributed by atoms with Crippen LogP contribution in [0.25, 0.3) is 10.8 Å². The minimum atomic E-state index is -0.761. The lowest BCUT2D eigenvalue weighted by molar-refractivity contribution is -0.393. The molecule has 0 unspecified atom stereocenters. The lowest BCUT2D eigenvalue weighted by Crippen LogP contribution is -2.16. The van der Waals surface area contributed by atoms with Crippen molar-refractivity contribution in [2.45, 2.75) is 6.54 Å². The molecule has 4 aromatic carbocycles. The number of fused-ring (bicyclic) bond motifs is 1.